The van der Waals surface area contributed by atoms with Crippen LogP contribution in [0.5, 0.6) is 0 Å². The van der Waals surface area contributed by atoms with Crippen molar-refractivity contribution < 1.29 is 4.79 Å². The lowest BCUT2D eigenvalue weighted by molar-refractivity contribution is -0.134. The predicted molar refractivity (Wildman–Crippen MR) is 74.4 cm³/mol. The number of rotatable bonds is 4. The van der Waals surface area contributed by atoms with E-state index >= 15 is 0 Å². The molecule has 1 aromatic rings. The van der Waals surface area contributed by atoms with Crippen molar-refractivity contribution in [3.63, 3.8) is 0 Å². The standard InChI is InChI=1S/C14H22N4O/c1-2-13(15)14(19)18-9-7-17(8-10-18)11-12-5-3-4-6-16-12/h3-6,13H,2,7-11,15H2,1H3. The molecule has 0 aromatic carbocycles. The molecule has 1 amide bonds. The first-order chi connectivity index (χ1) is 9.20. The summed E-state index contributed by atoms with van der Waals surface area (Å²) < 4.78 is 0. The first kappa shape index (κ1) is 14.0. The Balaban J connectivity index is 1.81. The summed E-state index contributed by atoms with van der Waals surface area (Å²) in [4.78, 5) is 20.5. The van der Waals surface area contributed by atoms with Gasteiger partial charge in [-0.1, -0.05) is 13.0 Å². The number of carbonyl (C=O) groups is 1. The van der Waals surface area contributed by atoms with Gasteiger partial charge in [-0.05, 0) is 18.6 Å². The quantitative estimate of drug-likeness (QED) is 0.856. The summed E-state index contributed by atoms with van der Waals surface area (Å²) in [6.45, 7) is 6.10. The van der Waals surface area contributed by atoms with Gasteiger partial charge >= 0.3 is 0 Å². The van der Waals surface area contributed by atoms with Gasteiger partial charge in [0.1, 0.15) is 0 Å². The molecule has 1 unspecified atom stereocenters. The lowest BCUT2D eigenvalue weighted by Gasteiger charge is -2.35. The lowest BCUT2D eigenvalue weighted by Crippen LogP contribution is -2.52. The van der Waals surface area contributed by atoms with Crippen molar-refractivity contribution in [2.45, 2.75) is 25.9 Å². The third-order valence-electron chi connectivity index (χ3n) is 3.55. The van der Waals surface area contributed by atoms with E-state index in [9.17, 15) is 4.79 Å². The van der Waals surface area contributed by atoms with Crippen molar-refractivity contribution in [2.24, 2.45) is 5.73 Å². The van der Waals surface area contributed by atoms with Crippen LogP contribution in [0.2, 0.25) is 0 Å². The summed E-state index contributed by atoms with van der Waals surface area (Å²) in [5, 5.41) is 0. The van der Waals surface area contributed by atoms with Crippen molar-refractivity contribution in [1.29, 1.82) is 0 Å². The van der Waals surface area contributed by atoms with E-state index in [0.717, 1.165) is 38.4 Å². The van der Waals surface area contributed by atoms with Crippen molar-refractivity contribution in [3.8, 4) is 0 Å². The lowest BCUT2D eigenvalue weighted by atomic mass is 10.2. The Kier molecular flexibility index (Phi) is 4.87. The van der Waals surface area contributed by atoms with Crippen LogP contribution < -0.4 is 5.73 Å². The van der Waals surface area contributed by atoms with Crippen LogP contribution in [0.1, 0.15) is 19.0 Å². The van der Waals surface area contributed by atoms with Gasteiger partial charge in [0.05, 0.1) is 11.7 Å². The average Bonchev–Trinajstić information content (AvgIpc) is 2.47. The predicted octanol–water partition coefficient (Wildman–Crippen LogP) is 0.463. The largest absolute Gasteiger partial charge is 0.339 e. The molecule has 0 spiro atoms. The van der Waals surface area contributed by atoms with Gasteiger partial charge in [0.15, 0.2) is 0 Å². The zero-order chi connectivity index (χ0) is 13.7. The maximum atomic E-state index is 12.0. The summed E-state index contributed by atoms with van der Waals surface area (Å²) in [5.74, 6) is 0.0833. The molecule has 0 bridgehead atoms. The Morgan fingerprint density at radius 2 is 2.11 bits per heavy atom. The van der Waals surface area contributed by atoms with E-state index in [-0.39, 0.29) is 11.9 Å². The fraction of sp³-hybridized carbons (Fsp3) is 0.571. The maximum Gasteiger partial charge on any atom is 0.239 e. The van der Waals surface area contributed by atoms with E-state index in [1.54, 1.807) is 0 Å². The van der Waals surface area contributed by atoms with Gasteiger partial charge in [-0.2, -0.15) is 0 Å². The Labute approximate surface area is 114 Å². The smallest absolute Gasteiger partial charge is 0.239 e. The highest BCUT2D eigenvalue weighted by Crippen LogP contribution is 2.08. The van der Waals surface area contributed by atoms with E-state index < -0.39 is 0 Å². The Morgan fingerprint density at radius 1 is 1.37 bits per heavy atom. The minimum atomic E-state index is -0.345. The molecule has 0 radical (unpaired) electrons. The molecule has 1 saturated heterocycles. The molecule has 2 rings (SSSR count). The highest BCUT2D eigenvalue weighted by Gasteiger charge is 2.24. The fourth-order valence-electron chi connectivity index (χ4n) is 2.26. The number of nitrogens with zero attached hydrogens (tertiary/aromatic N) is 3. The Morgan fingerprint density at radius 3 is 2.68 bits per heavy atom. The molecule has 1 fully saturated rings. The first-order valence-electron chi connectivity index (χ1n) is 6.87. The molecule has 0 aliphatic carbocycles. The molecule has 2 heterocycles. The van der Waals surface area contributed by atoms with E-state index in [4.69, 9.17) is 5.73 Å². The monoisotopic (exact) mass is 262 g/mol. The highest BCUT2D eigenvalue weighted by atomic mass is 16.2. The van der Waals surface area contributed by atoms with Gasteiger partial charge in [-0.3, -0.25) is 14.7 Å². The van der Waals surface area contributed by atoms with Crippen molar-refractivity contribution in [1.82, 2.24) is 14.8 Å². The van der Waals surface area contributed by atoms with Crippen molar-refractivity contribution in [2.75, 3.05) is 26.2 Å². The summed E-state index contributed by atoms with van der Waals surface area (Å²) in [6.07, 6.45) is 2.52. The average molecular weight is 262 g/mol. The minimum Gasteiger partial charge on any atom is -0.339 e. The molecule has 104 valence electrons. The number of aromatic nitrogens is 1. The number of nitrogens with two attached hydrogens (primary N) is 1. The highest BCUT2D eigenvalue weighted by molar-refractivity contribution is 5.81. The normalized spacial score (nSPS) is 18.3. The number of hydrogen-bond acceptors (Lipinski definition) is 4. The second-order valence-electron chi connectivity index (χ2n) is 4.94. The summed E-state index contributed by atoms with van der Waals surface area (Å²) in [7, 11) is 0. The zero-order valence-corrected chi connectivity index (χ0v) is 11.5. The molecular formula is C14H22N4O. The van der Waals surface area contributed by atoms with E-state index in [2.05, 4.69) is 9.88 Å². The van der Waals surface area contributed by atoms with Gasteiger partial charge in [0, 0.05) is 38.9 Å². The topological polar surface area (TPSA) is 62.5 Å². The maximum absolute atomic E-state index is 12.0. The van der Waals surface area contributed by atoms with Gasteiger partial charge in [-0.25, -0.2) is 0 Å². The molecule has 0 saturated carbocycles. The van der Waals surface area contributed by atoms with Gasteiger partial charge in [0.2, 0.25) is 5.91 Å². The van der Waals surface area contributed by atoms with Gasteiger partial charge in [-0.15, -0.1) is 0 Å². The van der Waals surface area contributed by atoms with Crippen LogP contribution in [0.25, 0.3) is 0 Å². The summed E-state index contributed by atoms with van der Waals surface area (Å²) in [6, 6.07) is 5.61. The summed E-state index contributed by atoms with van der Waals surface area (Å²) in [5.41, 5.74) is 6.87. The van der Waals surface area contributed by atoms with Crippen LogP contribution in [0.4, 0.5) is 0 Å². The van der Waals surface area contributed by atoms with E-state index in [1.807, 2.05) is 36.2 Å². The number of amides is 1. The number of hydrogen-bond donors (Lipinski definition) is 1. The fourth-order valence-corrected chi connectivity index (χ4v) is 2.26. The molecule has 5 heteroatoms. The Hall–Kier alpha value is -1.46. The van der Waals surface area contributed by atoms with Gasteiger partial charge in [0.25, 0.3) is 0 Å². The zero-order valence-electron chi connectivity index (χ0n) is 11.5. The first-order valence-corrected chi connectivity index (χ1v) is 6.87. The molecule has 19 heavy (non-hydrogen) atoms. The van der Waals surface area contributed by atoms with Gasteiger partial charge < -0.3 is 10.6 Å². The second-order valence-corrected chi connectivity index (χ2v) is 4.94. The molecule has 1 aliphatic heterocycles. The Bertz CT molecular complexity index is 401. The second kappa shape index (κ2) is 6.63. The molecule has 5 nitrogen and oxygen atoms in total. The van der Waals surface area contributed by atoms with Crippen molar-refractivity contribution in [3.05, 3.63) is 30.1 Å². The molecule has 1 atom stereocenters. The number of piperazine rings is 1. The molecule has 1 aliphatic rings. The van der Waals surface area contributed by atoms with Crippen LogP contribution in [-0.4, -0.2) is 52.9 Å². The molecule has 2 N–H and O–H groups in total. The SMILES string of the molecule is CCC(N)C(=O)N1CCN(Cc2ccccn2)CC1. The molecular weight excluding hydrogens is 240 g/mol. The van der Waals surface area contributed by atoms with Crippen LogP contribution in [0.15, 0.2) is 24.4 Å². The van der Waals surface area contributed by atoms with Crippen LogP contribution >= 0.6 is 0 Å². The van der Waals surface area contributed by atoms with E-state index in [1.165, 1.54) is 0 Å². The number of carbonyl (C=O) groups excluding carboxylic acids is 1. The number of pyridine rings is 1. The van der Waals surface area contributed by atoms with Crippen LogP contribution in [0.3, 0.4) is 0 Å². The summed E-state index contributed by atoms with van der Waals surface area (Å²) >= 11 is 0. The van der Waals surface area contributed by atoms with Crippen molar-refractivity contribution >= 4 is 5.91 Å². The molecule has 1 aromatic heterocycles. The third-order valence-corrected chi connectivity index (χ3v) is 3.55. The van der Waals surface area contributed by atoms with Crippen LogP contribution in [-0.2, 0) is 11.3 Å². The van der Waals surface area contributed by atoms with Crippen LogP contribution in [0, 0.1) is 0 Å². The van der Waals surface area contributed by atoms with E-state index in [0.29, 0.717) is 6.42 Å². The third kappa shape index (κ3) is 3.75. The minimum absolute atomic E-state index is 0.0833.